The third-order valence-corrected chi connectivity index (χ3v) is 2.72. The first-order valence-corrected chi connectivity index (χ1v) is 5.37. The second-order valence-electron chi connectivity index (χ2n) is 3.12. The largest absolute Gasteiger partial charge is 0.375 e. The highest BCUT2D eigenvalue weighted by Crippen LogP contribution is 2.30. The molecule has 1 aromatic carbocycles. The number of anilines is 1. The summed E-state index contributed by atoms with van der Waals surface area (Å²) in [6.45, 7) is 1.80. The Morgan fingerprint density at radius 2 is 2.19 bits per heavy atom. The molecule has 0 radical (unpaired) electrons. The Balaban J connectivity index is 2.24. The Morgan fingerprint density at radius 3 is 2.81 bits per heavy atom. The molecule has 4 nitrogen and oxygen atoms in total. The number of nitrogens with two attached hydrogens (primary N) is 1. The van der Waals surface area contributed by atoms with Crippen molar-refractivity contribution in [1.82, 2.24) is 4.98 Å². The molecule has 16 heavy (non-hydrogen) atoms. The molecular weight excluding hydrogens is 227 g/mol. The molecule has 0 amide bonds. The van der Waals surface area contributed by atoms with Crippen molar-refractivity contribution in [3.8, 4) is 0 Å². The molecule has 0 spiro atoms. The zero-order valence-electron chi connectivity index (χ0n) is 8.51. The molecule has 0 unspecified atom stereocenters. The lowest BCUT2D eigenvalue weighted by Crippen LogP contribution is -1.80. The van der Waals surface area contributed by atoms with E-state index in [9.17, 15) is 4.39 Å². The van der Waals surface area contributed by atoms with Crippen LogP contribution in [0, 0.1) is 12.7 Å². The Labute approximate surface area is 95.7 Å². The average Bonchev–Trinajstić information content (AvgIpc) is 2.54. The standard InChI is InChI=1S/C10H9FN4S/c1-6-9(16-10(12)13-6)15-14-8-4-2-3-7(11)5-8/h2-5H,1H3,(H2,12,13). The smallest absolute Gasteiger partial charge is 0.182 e. The molecule has 0 fully saturated rings. The average molecular weight is 236 g/mol. The second kappa shape index (κ2) is 4.36. The first-order chi connectivity index (χ1) is 7.65. The molecular formula is C10H9FN4S. The van der Waals surface area contributed by atoms with E-state index in [1.54, 1.807) is 19.1 Å². The number of benzene rings is 1. The van der Waals surface area contributed by atoms with Gasteiger partial charge in [0.15, 0.2) is 10.1 Å². The second-order valence-corrected chi connectivity index (χ2v) is 4.13. The first-order valence-electron chi connectivity index (χ1n) is 4.55. The van der Waals surface area contributed by atoms with E-state index in [0.29, 0.717) is 15.8 Å². The van der Waals surface area contributed by atoms with Crippen molar-refractivity contribution in [2.45, 2.75) is 6.92 Å². The summed E-state index contributed by atoms with van der Waals surface area (Å²) < 4.78 is 12.8. The molecule has 1 aromatic heterocycles. The highest BCUT2D eigenvalue weighted by atomic mass is 32.1. The van der Waals surface area contributed by atoms with E-state index < -0.39 is 0 Å². The minimum atomic E-state index is -0.336. The first kappa shape index (κ1) is 10.7. The zero-order chi connectivity index (χ0) is 11.5. The summed E-state index contributed by atoms with van der Waals surface area (Å²) in [6.07, 6.45) is 0. The number of hydrogen-bond donors (Lipinski definition) is 1. The number of azo groups is 1. The number of halogens is 1. The van der Waals surface area contributed by atoms with Gasteiger partial charge in [0, 0.05) is 6.07 Å². The number of nitrogens with zero attached hydrogens (tertiary/aromatic N) is 3. The maximum atomic E-state index is 12.8. The summed E-state index contributed by atoms with van der Waals surface area (Å²) in [7, 11) is 0. The Morgan fingerprint density at radius 1 is 1.38 bits per heavy atom. The van der Waals surface area contributed by atoms with Crippen LogP contribution in [-0.4, -0.2) is 4.98 Å². The van der Waals surface area contributed by atoms with Gasteiger partial charge in [-0.3, -0.25) is 0 Å². The maximum Gasteiger partial charge on any atom is 0.182 e. The highest BCUT2D eigenvalue weighted by Gasteiger charge is 2.03. The molecule has 1 heterocycles. The van der Waals surface area contributed by atoms with Crippen LogP contribution in [0.25, 0.3) is 0 Å². The normalized spacial score (nSPS) is 11.1. The third-order valence-electron chi connectivity index (χ3n) is 1.85. The van der Waals surface area contributed by atoms with Crippen molar-refractivity contribution in [2.75, 3.05) is 5.73 Å². The van der Waals surface area contributed by atoms with E-state index in [-0.39, 0.29) is 5.82 Å². The maximum absolute atomic E-state index is 12.8. The summed E-state index contributed by atoms with van der Waals surface area (Å²) in [5, 5.41) is 8.97. The topological polar surface area (TPSA) is 63.6 Å². The van der Waals surface area contributed by atoms with E-state index in [4.69, 9.17) is 5.73 Å². The van der Waals surface area contributed by atoms with Crippen LogP contribution >= 0.6 is 11.3 Å². The van der Waals surface area contributed by atoms with Crippen molar-refractivity contribution < 1.29 is 4.39 Å². The van der Waals surface area contributed by atoms with Gasteiger partial charge in [0.1, 0.15) is 5.82 Å². The molecule has 6 heteroatoms. The molecule has 0 bridgehead atoms. The minimum Gasteiger partial charge on any atom is -0.375 e. The lowest BCUT2D eigenvalue weighted by Gasteiger charge is -1.91. The lowest BCUT2D eigenvalue weighted by molar-refractivity contribution is 0.628. The summed E-state index contributed by atoms with van der Waals surface area (Å²) in [5.74, 6) is -0.336. The quantitative estimate of drug-likeness (QED) is 0.810. The fraction of sp³-hybridized carbons (Fsp3) is 0.100. The van der Waals surface area contributed by atoms with Crippen molar-refractivity contribution >= 4 is 27.2 Å². The van der Waals surface area contributed by atoms with Gasteiger partial charge in [-0.05, 0) is 19.1 Å². The molecule has 2 rings (SSSR count). The van der Waals surface area contributed by atoms with Crippen LogP contribution in [0.5, 0.6) is 0 Å². The fourth-order valence-electron chi connectivity index (χ4n) is 1.14. The summed E-state index contributed by atoms with van der Waals surface area (Å²) in [5.41, 5.74) is 6.71. The molecule has 2 aromatic rings. The van der Waals surface area contributed by atoms with Gasteiger partial charge >= 0.3 is 0 Å². The number of aromatic nitrogens is 1. The Bertz CT molecular complexity index is 535. The minimum absolute atomic E-state index is 0.336. The Hall–Kier alpha value is -1.82. The SMILES string of the molecule is Cc1nc(N)sc1N=Nc1cccc(F)c1. The molecule has 0 saturated carbocycles. The van der Waals surface area contributed by atoms with Gasteiger partial charge in [-0.25, -0.2) is 9.37 Å². The van der Waals surface area contributed by atoms with E-state index in [2.05, 4.69) is 15.2 Å². The van der Waals surface area contributed by atoms with Crippen LogP contribution in [-0.2, 0) is 0 Å². The predicted molar refractivity (Wildman–Crippen MR) is 61.8 cm³/mol. The van der Waals surface area contributed by atoms with Crippen molar-refractivity contribution in [2.24, 2.45) is 10.2 Å². The van der Waals surface area contributed by atoms with Crippen LogP contribution in [0.2, 0.25) is 0 Å². The van der Waals surface area contributed by atoms with Gasteiger partial charge in [0.05, 0.1) is 11.4 Å². The monoisotopic (exact) mass is 236 g/mol. The van der Waals surface area contributed by atoms with E-state index in [0.717, 1.165) is 5.69 Å². The summed E-state index contributed by atoms with van der Waals surface area (Å²) >= 11 is 1.25. The number of rotatable bonds is 2. The van der Waals surface area contributed by atoms with Gasteiger partial charge in [-0.1, -0.05) is 17.4 Å². The highest BCUT2D eigenvalue weighted by molar-refractivity contribution is 7.19. The van der Waals surface area contributed by atoms with Crippen LogP contribution < -0.4 is 5.73 Å². The van der Waals surface area contributed by atoms with Crippen LogP contribution in [0.1, 0.15) is 5.69 Å². The Kier molecular flexibility index (Phi) is 2.91. The fourth-order valence-corrected chi connectivity index (χ4v) is 1.80. The van der Waals surface area contributed by atoms with Crippen LogP contribution in [0.3, 0.4) is 0 Å². The van der Waals surface area contributed by atoms with Gasteiger partial charge in [0.2, 0.25) is 0 Å². The molecule has 0 aliphatic heterocycles. The summed E-state index contributed by atoms with van der Waals surface area (Å²) in [6, 6.07) is 5.92. The molecule has 0 aliphatic carbocycles. The molecule has 82 valence electrons. The number of thiazole rings is 1. The van der Waals surface area contributed by atoms with E-state index >= 15 is 0 Å². The number of hydrogen-bond acceptors (Lipinski definition) is 5. The molecule has 0 saturated heterocycles. The summed E-state index contributed by atoms with van der Waals surface area (Å²) in [4.78, 5) is 4.01. The van der Waals surface area contributed by atoms with Gasteiger partial charge < -0.3 is 5.73 Å². The van der Waals surface area contributed by atoms with Gasteiger partial charge in [-0.15, -0.1) is 10.2 Å². The number of aryl methyl sites for hydroxylation is 1. The molecule has 0 aliphatic rings. The van der Waals surface area contributed by atoms with Gasteiger partial charge in [0.25, 0.3) is 0 Å². The van der Waals surface area contributed by atoms with Crippen molar-refractivity contribution in [3.63, 3.8) is 0 Å². The van der Waals surface area contributed by atoms with Gasteiger partial charge in [-0.2, -0.15) is 0 Å². The predicted octanol–water partition coefficient (Wildman–Crippen LogP) is 3.59. The van der Waals surface area contributed by atoms with Crippen LogP contribution in [0.4, 0.5) is 20.2 Å². The van der Waals surface area contributed by atoms with Crippen molar-refractivity contribution in [3.05, 3.63) is 35.8 Å². The van der Waals surface area contributed by atoms with E-state index in [1.807, 2.05) is 0 Å². The number of nitrogen functional groups attached to an aromatic ring is 1. The zero-order valence-corrected chi connectivity index (χ0v) is 9.33. The van der Waals surface area contributed by atoms with Crippen LogP contribution in [0.15, 0.2) is 34.5 Å². The molecule has 0 atom stereocenters. The van der Waals surface area contributed by atoms with Crippen molar-refractivity contribution in [1.29, 1.82) is 0 Å². The van der Waals surface area contributed by atoms with E-state index in [1.165, 1.54) is 23.5 Å². The third kappa shape index (κ3) is 2.40. The molecule has 2 N–H and O–H groups in total. The lowest BCUT2D eigenvalue weighted by atomic mass is 10.3.